The minimum absolute atomic E-state index is 0. The second-order valence-electron chi connectivity index (χ2n) is 8.50. The summed E-state index contributed by atoms with van der Waals surface area (Å²) in [5.74, 6) is -0.296. The Balaban J connectivity index is 0.000000204. The molecule has 0 saturated heterocycles. The summed E-state index contributed by atoms with van der Waals surface area (Å²) in [5, 5.41) is 6.46. The molecule has 0 aliphatic rings. The van der Waals surface area contributed by atoms with Gasteiger partial charge in [0.05, 0.1) is 43.6 Å². The molecule has 6 aromatic heterocycles. The Bertz CT molecular complexity index is 1910. The number of hydrogen-bond donors (Lipinski definition) is 2. The Morgan fingerprint density at radius 3 is 1.70 bits per heavy atom. The molecule has 0 radical (unpaired) electrons. The van der Waals surface area contributed by atoms with Crippen LogP contribution in [0.3, 0.4) is 0 Å². The average Bonchev–Trinajstić information content (AvgIpc) is 3.68. The number of halogens is 6. The predicted octanol–water partition coefficient (Wildman–Crippen LogP) is 10.6. The molecule has 0 aromatic carbocycles. The lowest BCUT2D eigenvalue weighted by atomic mass is 10.2. The van der Waals surface area contributed by atoms with E-state index in [0.717, 1.165) is 35.8 Å². The minimum atomic E-state index is -0.585. The highest BCUT2D eigenvalue weighted by atomic mass is 79.9. The zero-order valence-electron chi connectivity index (χ0n) is 23.0. The normalized spacial score (nSPS) is 9.93. The van der Waals surface area contributed by atoms with Crippen LogP contribution in [-0.2, 0) is 0 Å². The zero-order chi connectivity index (χ0) is 32.3. The molecule has 0 aliphatic heterocycles. The molecule has 236 valence electrons. The van der Waals surface area contributed by atoms with E-state index in [1.807, 2.05) is 47.2 Å². The first-order valence-electron chi connectivity index (χ1n) is 12.5. The monoisotopic (exact) mass is 858 g/mol. The number of carbonyl (C=O) groups excluding carboxylic acids is 2. The molecule has 0 unspecified atom stereocenters. The van der Waals surface area contributed by atoms with Crippen LogP contribution in [0.4, 0.5) is 11.4 Å². The Morgan fingerprint density at radius 2 is 1.24 bits per heavy atom. The van der Waals surface area contributed by atoms with Crippen molar-refractivity contribution in [2.24, 2.45) is 0 Å². The van der Waals surface area contributed by atoms with Crippen molar-refractivity contribution in [2.45, 2.75) is 0 Å². The van der Waals surface area contributed by atoms with Crippen LogP contribution < -0.4 is 11.1 Å². The number of anilines is 2. The third-order valence-corrected chi connectivity index (χ3v) is 9.14. The van der Waals surface area contributed by atoms with Gasteiger partial charge in [-0.2, -0.15) is 0 Å². The fourth-order valence-corrected chi connectivity index (χ4v) is 6.14. The Hall–Kier alpha value is -2.94. The van der Waals surface area contributed by atoms with E-state index in [2.05, 4.69) is 57.1 Å². The summed E-state index contributed by atoms with van der Waals surface area (Å²) < 4.78 is 1.88. The number of rotatable bonds is 5. The molecule has 16 heteroatoms. The van der Waals surface area contributed by atoms with Gasteiger partial charge in [0.1, 0.15) is 10.3 Å². The smallest absolute Gasteiger partial charge is 0.258 e. The quantitative estimate of drug-likeness (QED) is 0.131. The molecule has 6 rings (SSSR count). The second-order valence-corrected chi connectivity index (χ2v) is 13.2. The third-order valence-electron chi connectivity index (χ3n) is 5.50. The molecule has 0 atom stereocenters. The molecule has 0 bridgehead atoms. The van der Waals surface area contributed by atoms with E-state index in [1.54, 1.807) is 48.1 Å². The van der Waals surface area contributed by atoms with E-state index in [4.69, 9.17) is 40.5 Å². The van der Waals surface area contributed by atoms with Crippen molar-refractivity contribution in [3.05, 3.63) is 127 Å². The summed E-state index contributed by atoms with van der Waals surface area (Å²) in [5.41, 5.74) is 9.56. The molecular weight excluding hydrogens is 842 g/mol. The fourth-order valence-electron chi connectivity index (χ4n) is 3.43. The van der Waals surface area contributed by atoms with Gasteiger partial charge in [0.25, 0.3) is 11.1 Å². The van der Waals surface area contributed by atoms with Crippen molar-refractivity contribution in [2.75, 3.05) is 11.1 Å². The Morgan fingerprint density at radius 1 is 0.717 bits per heavy atom. The van der Waals surface area contributed by atoms with Crippen molar-refractivity contribution in [3.8, 4) is 21.1 Å². The number of aromatic nitrogens is 4. The molecule has 0 fully saturated rings. The van der Waals surface area contributed by atoms with Crippen molar-refractivity contribution < 1.29 is 9.59 Å². The SMILES string of the molecule is Cl.Nc1ccsc1-c1ccc(Br)cn1.O=C(Cl)c1cccnc1Cl.O=C(Nc1ccsc1-c1ccc(Br)cn1)c1cccnc1Cl. The van der Waals surface area contributed by atoms with Gasteiger partial charge in [0.2, 0.25) is 0 Å². The number of amides is 1. The van der Waals surface area contributed by atoms with Gasteiger partial charge < -0.3 is 11.1 Å². The third kappa shape index (κ3) is 10.5. The van der Waals surface area contributed by atoms with Crippen molar-refractivity contribution in [3.63, 3.8) is 0 Å². The van der Waals surface area contributed by atoms with Gasteiger partial charge in [-0.1, -0.05) is 23.2 Å². The number of pyridine rings is 4. The summed E-state index contributed by atoms with van der Waals surface area (Å²) in [4.78, 5) is 40.9. The van der Waals surface area contributed by atoms with E-state index in [0.29, 0.717) is 11.3 Å². The highest BCUT2D eigenvalue weighted by Crippen LogP contribution is 2.33. The minimum Gasteiger partial charge on any atom is -0.397 e. The molecule has 0 saturated carbocycles. The molecular formula is C30H20Br2Cl4N6O2S2. The number of nitrogens with zero attached hydrogens (tertiary/aromatic N) is 4. The van der Waals surface area contributed by atoms with Gasteiger partial charge in [-0.15, -0.1) is 35.1 Å². The van der Waals surface area contributed by atoms with Gasteiger partial charge in [-0.25, -0.2) is 9.97 Å². The van der Waals surface area contributed by atoms with Gasteiger partial charge in [0, 0.05) is 33.7 Å². The van der Waals surface area contributed by atoms with Gasteiger partial charge >= 0.3 is 0 Å². The summed E-state index contributed by atoms with van der Waals surface area (Å²) in [6, 6.07) is 17.9. The lowest BCUT2D eigenvalue weighted by Crippen LogP contribution is -2.12. The molecule has 6 aromatic rings. The lowest BCUT2D eigenvalue weighted by molar-refractivity contribution is 0.102. The van der Waals surface area contributed by atoms with Gasteiger partial charge in [-0.3, -0.25) is 19.6 Å². The average molecular weight is 862 g/mol. The maximum absolute atomic E-state index is 12.3. The Labute approximate surface area is 310 Å². The highest BCUT2D eigenvalue weighted by molar-refractivity contribution is 9.10. The van der Waals surface area contributed by atoms with E-state index in [-0.39, 0.29) is 34.2 Å². The van der Waals surface area contributed by atoms with Gasteiger partial charge in [0.15, 0.2) is 0 Å². The molecule has 3 N–H and O–H groups in total. The summed E-state index contributed by atoms with van der Waals surface area (Å²) in [7, 11) is 0. The van der Waals surface area contributed by atoms with Crippen molar-refractivity contribution in [1.82, 2.24) is 19.9 Å². The maximum Gasteiger partial charge on any atom is 0.258 e. The number of nitrogens with one attached hydrogen (secondary N) is 1. The molecule has 1 amide bonds. The van der Waals surface area contributed by atoms with Crippen LogP contribution in [0.25, 0.3) is 21.1 Å². The van der Waals surface area contributed by atoms with Crippen molar-refractivity contribution in [1.29, 1.82) is 0 Å². The molecule has 46 heavy (non-hydrogen) atoms. The summed E-state index contributed by atoms with van der Waals surface area (Å²) in [6.45, 7) is 0. The van der Waals surface area contributed by atoms with Crippen LogP contribution in [0.15, 0.2) is 105 Å². The molecule has 6 heterocycles. The number of hydrogen-bond acceptors (Lipinski definition) is 9. The zero-order valence-corrected chi connectivity index (χ0v) is 30.9. The predicted molar refractivity (Wildman–Crippen MR) is 199 cm³/mol. The number of thiophene rings is 2. The van der Waals surface area contributed by atoms with Crippen LogP contribution in [0, 0.1) is 0 Å². The standard InChI is InChI=1S/C15H9BrClN3OS.C9H7BrN2S.C6H3Cl2NO.ClH/c16-9-3-4-11(19-8-9)13-12(5-7-22-13)20-15(21)10-2-1-6-18-14(10)17;10-6-1-2-8(12-5-6)9-7(11)3-4-13-9;7-5-4(6(8)10)2-1-3-9-5;/h1-8H,(H,20,21);1-5H,11H2;1-3H;1H. The largest absolute Gasteiger partial charge is 0.397 e. The first-order valence-corrected chi connectivity index (χ1v) is 17.0. The van der Waals surface area contributed by atoms with Crippen molar-refractivity contribution >= 4 is 124 Å². The van der Waals surface area contributed by atoms with Crippen LogP contribution in [-0.4, -0.2) is 31.1 Å². The molecule has 0 aliphatic carbocycles. The lowest BCUT2D eigenvalue weighted by Gasteiger charge is -2.07. The van der Waals surface area contributed by atoms with Crippen LogP contribution in [0.1, 0.15) is 20.7 Å². The summed E-state index contributed by atoms with van der Waals surface area (Å²) in [6.07, 6.45) is 6.53. The first-order chi connectivity index (χ1) is 21.6. The second kappa shape index (κ2) is 18.4. The topological polar surface area (TPSA) is 124 Å². The van der Waals surface area contributed by atoms with Gasteiger partial charge in [-0.05, 0) is 115 Å². The maximum atomic E-state index is 12.3. The highest BCUT2D eigenvalue weighted by Gasteiger charge is 2.15. The van der Waals surface area contributed by atoms with E-state index in [1.165, 1.54) is 23.6 Å². The number of nitrogen functional groups attached to an aromatic ring is 1. The molecule has 0 spiro atoms. The van der Waals surface area contributed by atoms with Crippen LogP contribution in [0.2, 0.25) is 10.3 Å². The van der Waals surface area contributed by atoms with Crippen LogP contribution in [0.5, 0.6) is 0 Å². The number of carbonyl (C=O) groups is 2. The fraction of sp³-hybridized carbons (Fsp3) is 0. The van der Waals surface area contributed by atoms with E-state index < -0.39 is 5.24 Å². The molecule has 8 nitrogen and oxygen atoms in total. The first kappa shape index (κ1) is 37.5. The van der Waals surface area contributed by atoms with E-state index >= 15 is 0 Å². The Kier molecular flexibility index (Phi) is 15.0. The number of nitrogens with two attached hydrogens (primary N) is 1. The van der Waals surface area contributed by atoms with Crippen LogP contribution >= 0.6 is 102 Å². The summed E-state index contributed by atoms with van der Waals surface area (Å²) >= 11 is 26.4. The van der Waals surface area contributed by atoms with E-state index in [9.17, 15) is 9.59 Å².